The maximum absolute atomic E-state index is 12.3. The monoisotopic (exact) mass is 322 g/mol. The van der Waals surface area contributed by atoms with Gasteiger partial charge in [-0.25, -0.2) is 4.79 Å². The number of alkyl halides is 2. The standard InChI is InChI=1S/C11H9BrF2O4/c1-2-17-10(16)8-4-7(12)3-6(5-15)9(8)18-11(13)14/h3-5,11H,2H2,1H3. The maximum atomic E-state index is 12.3. The molecule has 98 valence electrons. The van der Waals surface area contributed by atoms with Crippen LogP contribution in [-0.4, -0.2) is 25.5 Å². The molecule has 0 aliphatic heterocycles. The fourth-order valence-corrected chi connectivity index (χ4v) is 1.76. The van der Waals surface area contributed by atoms with Crippen molar-refractivity contribution in [1.82, 2.24) is 0 Å². The summed E-state index contributed by atoms with van der Waals surface area (Å²) in [4.78, 5) is 22.4. The molecule has 4 nitrogen and oxygen atoms in total. The van der Waals surface area contributed by atoms with Crippen LogP contribution in [0.2, 0.25) is 0 Å². The van der Waals surface area contributed by atoms with Gasteiger partial charge in [-0.2, -0.15) is 8.78 Å². The smallest absolute Gasteiger partial charge is 0.387 e. The molecule has 0 amide bonds. The van der Waals surface area contributed by atoms with E-state index in [4.69, 9.17) is 4.74 Å². The summed E-state index contributed by atoms with van der Waals surface area (Å²) < 4.78 is 33.8. The second-order valence-corrected chi connectivity index (χ2v) is 4.00. The zero-order chi connectivity index (χ0) is 13.7. The minimum absolute atomic E-state index is 0.0793. The quantitative estimate of drug-likeness (QED) is 0.617. The van der Waals surface area contributed by atoms with Crippen molar-refractivity contribution < 1.29 is 27.8 Å². The molecule has 1 aromatic carbocycles. The summed E-state index contributed by atoms with van der Waals surface area (Å²) in [6, 6.07) is 2.52. The van der Waals surface area contributed by atoms with E-state index in [9.17, 15) is 18.4 Å². The van der Waals surface area contributed by atoms with E-state index in [0.29, 0.717) is 10.8 Å². The van der Waals surface area contributed by atoms with Crippen molar-refractivity contribution >= 4 is 28.2 Å². The topological polar surface area (TPSA) is 52.6 Å². The normalized spacial score (nSPS) is 10.3. The summed E-state index contributed by atoms with van der Waals surface area (Å²) in [5, 5.41) is 0. The maximum Gasteiger partial charge on any atom is 0.387 e. The van der Waals surface area contributed by atoms with Crippen LogP contribution in [0.4, 0.5) is 8.78 Å². The van der Waals surface area contributed by atoms with E-state index in [-0.39, 0.29) is 17.7 Å². The minimum atomic E-state index is -3.14. The molecule has 7 heteroatoms. The lowest BCUT2D eigenvalue weighted by molar-refractivity contribution is -0.0506. The van der Waals surface area contributed by atoms with E-state index in [1.807, 2.05) is 0 Å². The molecule has 0 spiro atoms. The first-order valence-corrected chi connectivity index (χ1v) is 5.69. The summed E-state index contributed by atoms with van der Waals surface area (Å²) >= 11 is 3.06. The Balaban J connectivity index is 3.31. The number of esters is 1. The molecule has 0 aromatic heterocycles. The number of ether oxygens (including phenoxy) is 2. The summed E-state index contributed by atoms with van der Waals surface area (Å²) in [6.07, 6.45) is 0.325. The summed E-state index contributed by atoms with van der Waals surface area (Å²) in [6.45, 7) is -1.49. The molecule has 0 radical (unpaired) electrons. The molecule has 1 aromatic rings. The van der Waals surface area contributed by atoms with Crippen LogP contribution in [0.3, 0.4) is 0 Å². The van der Waals surface area contributed by atoms with Gasteiger partial charge in [-0.05, 0) is 19.1 Å². The first kappa shape index (κ1) is 14.6. The first-order chi connectivity index (χ1) is 8.49. The molecule has 1 rings (SSSR count). The largest absolute Gasteiger partial charge is 0.462 e. The van der Waals surface area contributed by atoms with E-state index in [1.165, 1.54) is 12.1 Å². The van der Waals surface area contributed by atoms with Crippen LogP contribution in [0, 0.1) is 0 Å². The van der Waals surface area contributed by atoms with Gasteiger partial charge in [0.05, 0.1) is 12.2 Å². The Morgan fingerprint density at radius 2 is 2.17 bits per heavy atom. The van der Waals surface area contributed by atoms with Crippen molar-refractivity contribution in [2.45, 2.75) is 13.5 Å². The molecule has 0 heterocycles. The van der Waals surface area contributed by atoms with E-state index in [1.54, 1.807) is 6.92 Å². The molecule has 0 N–H and O–H groups in total. The van der Waals surface area contributed by atoms with Crippen molar-refractivity contribution in [1.29, 1.82) is 0 Å². The van der Waals surface area contributed by atoms with Gasteiger partial charge in [0.1, 0.15) is 5.56 Å². The second-order valence-electron chi connectivity index (χ2n) is 3.09. The third-order valence-electron chi connectivity index (χ3n) is 1.91. The van der Waals surface area contributed by atoms with Gasteiger partial charge in [0.2, 0.25) is 0 Å². The van der Waals surface area contributed by atoms with E-state index < -0.39 is 18.3 Å². The molecule has 18 heavy (non-hydrogen) atoms. The van der Waals surface area contributed by atoms with Gasteiger partial charge in [0.15, 0.2) is 12.0 Å². The number of hydrogen-bond acceptors (Lipinski definition) is 4. The summed E-state index contributed by atoms with van der Waals surface area (Å²) in [5.74, 6) is -1.32. The van der Waals surface area contributed by atoms with E-state index >= 15 is 0 Å². The molecular formula is C11H9BrF2O4. The Bertz CT molecular complexity index is 463. The number of halogens is 3. The van der Waals surface area contributed by atoms with E-state index in [0.717, 1.165) is 0 Å². The Labute approximate surface area is 110 Å². The van der Waals surface area contributed by atoms with Crippen molar-refractivity contribution in [2.24, 2.45) is 0 Å². The van der Waals surface area contributed by atoms with Gasteiger partial charge in [-0.1, -0.05) is 15.9 Å². The van der Waals surface area contributed by atoms with Crippen LogP contribution in [0.25, 0.3) is 0 Å². The van der Waals surface area contributed by atoms with Gasteiger partial charge in [0.25, 0.3) is 0 Å². The number of aldehydes is 1. The number of hydrogen-bond donors (Lipinski definition) is 0. The number of benzene rings is 1. The summed E-state index contributed by atoms with van der Waals surface area (Å²) in [5.41, 5.74) is -0.388. The fourth-order valence-electron chi connectivity index (χ4n) is 1.28. The van der Waals surface area contributed by atoms with E-state index in [2.05, 4.69) is 20.7 Å². The number of rotatable bonds is 5. The zero-order valence-electron chi connectivity index (χ0n) is 9.28. The predicted molar refractivity (Wildman–Crippen MR) is 62.1 cm³/mol. The summed E-state index contributed by atoms with van der Waals surface area (Å²) in [7, 11) is 0. The SMILES string of the molecule is CCOC(=O)c1cc(Br)cc(C=O)c1OC(F)F. The molecule has 0 fully saturated rings. The molecule has 0 unspecified atom stereocenters. The van der Waals surface area contributed by atoms with Crippen LogP contribution in [0.15, 0.2) is 16.6 Å². The van der Waals surface area contributed by atoms with Gasteiger partial charge in [-0.3, -0.25) is 4.79 Å². The predicted octanol–water partition coefficient (Wildman–Crippen LogP) is 3.04. The molecule has 0 aliphatic rings. The van der Waals surface area contributed by atoms with Crippen molar-refractivity contribution in [3.63, 3.8) is 0 Å². The van der Waals surface area contributed by atoms with Crippen LogP contribution in [-0.2, 0) is 4.74 Å². The highest BCUT2D eigenvalue weighted by atomic mass is 79.9. The van der Waals surface area contributed by atoms with Crippen LogP contribution in [0.5, 0.6) is 5.75 Å². The van der Waals surface area contributed by atoms with Gasteiger partial charge >= 0.3 is 12.6 Å². The molecule has 0 aliphatic carbocycles. The average Bonchev–Trinajstić information content (AvgIpc) is 2.30. The lowest BCUT2D eigenvalue weighted by Crippen LogP contribution is -2.12. The molecule has 0 saturated heterocycles. The lowest BCUT2D eigenvalue weighted by Gasteiger charge is -2.12. The number of carbonyl (C=O) groups excluding carboxylic acids is 2. The Morgan fingerprint density at radius 1 is 1.50 bits per heavy atom. The van der Waals surface area contributed by atoms with Gasteiger partial charge in [0, 0.05) is 4.47 Å². The zero-order valence-corrected chi connectivity index (χ0v) is 10.9. The molecular weight excluding hydrogens is 314 g/mol. The highest BCUT2D eigenvalue weighted by Gasteiger charge is 2.21. The van der Waals surface area contributed by atoms with Crippen molar-refractivity contribution in [3.05, 3.63) is 27.7 Å². The Morgan fingerprint density at radius 3 is 2.67 bits per heavy atom. The average molecular weight is 323 g/mol. The fraction of sp³-hybridized carbons (Fsp3) is 0.273. The van der Waals surface area contributed by atoms with Crippen molar-refractivity contribution in [2.75, 3.05) is 6.61 Å². The van der Waals surface area contributed by atoms with Crippen LogP contribution >= 0.6 is 15.9 Å². The second kappa shape index (κ2) is 6.44. The highest BCUT2D eigenvalue weighted by Crippen LogP contribution is 2.29. The molecule has 0 atom stereocenters. The Kier molecular flexibility index (Phi) is 5.21. The van der Waals surface area contributed by atoms with Crippen molar-refractivity contribution in [3.8, 4) is 5.75 Å². The third kappa shape index (κ3) is 3.49. The van der Waals surface area contributed by atoms with Gasteiger partial charge in [-0.15, -0.1) is 0 Å². The lowest BCUT2D eigenvalue weighted by atomic mass is 10.1. The highest BCUT2D eigenvalue weighted by molar-refractivity contribution is 9.10. The molecule has 0 saturated carbocycles. The first-order valence-electron chi connectivity index (χ1n) is 4.90. The third-order valence-corrected chi connectivity index (χ3v) is 2.37. The van der Waals surface area contributed by atoms with Crippen LogP contribution < -0.4 is 4.74 Å². The Hall–Kier alpha value is -1.50. The van der Waals surface area contributed by atoms with Gasteiger partial charge < -0.3 is 9.47 Å². The van der Waals surface area contributed by atoms with Crippen LogP contribution in [0.1, 0.15) is 27.6 Å². The minimum Gasteiger partial charge on any atom is -0.462 e. The number of carbonyl (C=O) groups is 2. The molecule has 0 bridgehead atoms.